The lowest BCUT2D eigenvalue weighted by molar-refractivity contribution is -0.116. The predicted octanol–water partition coefficient (Wildman–Crippen LogP) is 4.72. The van der Waals surface area contributed by atoms with Gasteiger partial charge in [0.25, 0.3) is 0 Å². The third kappa shape index (κ3) is 3.57. The molecule has 0 saturated heterocycles. The molecule has 3 aromatic rings. The van der Waals surface area contributed by atoms with E-state index in [-0.39, 0.29) is 11.9 Å². The summed E-state index contributed by atoms with van der Waals surface area (Å²) in [5, 5.41) is 3.04. The zero-order chi connectivity index (χ0) is 16.9. The van der Waals surface area contributed by atoms with E-state index in [9.17, 15) is 4.79 Å². The molecule has 122 valence electrons. The number of rotatable bonds is 5. The maximum atomic E-state index is 12.6. The Morgan fingerprint density at radius 2 is 1.54 bits per heavy atom. The van der Waals surface area contributed by atoms with Gasteiger partial charge in [-0.05, 0) is 48.7 Å². The highest BCUT2D eigenvalue weighted by Gasteiger charge is 2.19. The molecule has 0 fully saturated rings. The molecule has 0 aliphatic heterocycles. The van der Waals surface area contributed by atoms with Crippen molar-refractivity contribution in [3.63, 3.8) is 0 Å². The van der Waals surface area contributed by atoms with Gasteiger partial charge in [-0.1, -0.05) is 42.5 Å². The van der Waals surface area contributed by atoms with Gasteiger partial charge in [0.05, 0.1) is 12.5 Å². The zero-order valence-corrected chi connectivity index (χ0v) is 14.1. The molecule has 2 aromatic carbocycles. The van der Waals surface area contributed by atoms with Crippen molar-refractivity contribution < 1.29 is 4.79 Å². The normalized spacial score (nSPS) is 11.9. The van der Waals surface area contributed by atoms with E-state index >= 15 is 0 Å². The van der Waals surface area contributed by atoms with E-state index in [1.807, 2.05) is 67.8 Å². The molecule has 1 unspecified atom stereocenters. The second-order valence-electron chi connectivity index (χ2n) is 6.07. The van der Waals surface area contributed by atoms with Crippen molar-refractivity contribution >= 4 is 11.6 Å². The Labute approximate surface area is 143 Å². The minimum Gasteiger partial charge on any atom is -0.346 e. The minimum atomic E-state index is -0.00906. The lowest BCUT2D eigenvalue weighted by Crippen LogP contribution is -2.20. The SMILES string of the molecule is Cc1ccccc1NC(=O)CC(c1ccccc1C)n1cccc1. The smallest absolute Gasteiger partial charge is 0.226 e. The number of para-hydroxylation sites is 1. The van der Waals surface area contributed by atoms with E-state index in [1.165, 1.54) is 11.1 Å². The number of carbonyl (C=O) groups is 1. The molecule has 0 radical (unpaired) electrons. The fourth-order valence-electron chi connectivity index (χ4n) is 2.98. The summed E-state index contributed by atoms with van der Waals surface area (Å²) in [4.78, 5) is 12.6. The average Bonchev–Trinajstić information content (AvgIpc) is 3.10. The van der Waals surface area contributed by atoms with Crippen LogP contribution in [0, 0.1) is 13.8 Å². The molecule has 0 saturated carbocycles. The number of aromatic nitrogens is 1. The molecular weight excluding hydrogens is 296 g/mol. The first-order chi connectivity index (χ1) is 11.6. The van der Waals surface area contributed by atoms with E-state index in [4.69, 9.17) is 0 Å². The van der Waals surface area contributed by atoms with Crippen molar-refractivity contribution in [1.82, 2.24) is 4.57 Å². The van der Waals surface area contributed by atoms with Gasteiger partial charge in [0, 0.05) is 18.1 Å². The van der Waals surface area contributed by atoms with E-state index < -0.39 is 0 Å². The first-order valence-electron chi connectivity index (χ1n) is 8.18. The Balaban J connectivity index is 1.84. The van der Waals surface area contributed by atoms with Crippen LogP contribution in [0.25, 0.3) is 0 Å². The number of benzene rings is 2. The molecule has 1 aromatic heterocycles. The number of nitrogens with zero attached hydrogens (tertiary/aromatic N) is 1. The largest absolute Gasteiger partial charge is 0.346 e. The van der Waals surface area contributed by atoms with Crippen LogP contribution in [0.3, 0.4) is 0 Å². The Morgan fingerprint density at radius 3 is 2.21 bits per heavy atom. The van der Waals surface area contributed by atoms with Gasteiger partial charge in [-0.15, -0.1) is 0 Å². The molecule has 0 aliphatic carbocycles. The van der Waals surface area contributed by atoms with Crippen LogP contribution in [0.2, 0.25) is 0 Å². The topological polar surface area (TPSA) is 34.0 Å². The van der Waals surface area contributed by atoms with Crippen LogP contribution in [0.4, 0.5) is 5.69 Å². The number of amides is 1. The Morgan fingerprint density at radius 1 is 0.917 bits per heavy atom. The number of nitrogens with one attached hydrogen (secondary N) is 1. The highest BCUT2D eigenvalue weighted by atomic mass is 16.1. The molecule has 1 heterocycles. The Bertz CT molecular complexity index is 821. The van der Waals surface area contributed by atoms with Gasteiger partial charge in [0.15, 0.2) is 0 Å². The summed E-state index contributed by atoms with van der Waals surface area (Å²) in [5.74, 6) is 0.0197. The first kappa shape index (κ1) is 16.1. The summed E-state index contributed by atoms with van der Waals surface area (Å²) < 4.78 is 2.10. The lowest BCUT2D eigenvalue weighted by atomic mass is 9.98. The fourth-order valence-corrected chi connectivity index (χ4v) is 2.98. The second-order valence-corrected chi connectivity index (χ2v) is 6.07. The number of hydrogen-bond acceptors (Lipinski definition) is 1. The number of aryl methyl sites for hydroxylation is 2. The van der Waals surface area contributed by atoms with Gasteiger partial charge >= 0.3 is 0 Å². The summed E-state index contributed by atoms with van der Waals surface area (Å²) >= 11 is 0. The third-order valence-electron chi connectivity index (χ3n) is 4.33. The van der Waals surface area contributed by atoms with Crippen molar-refractivity contribution in [2.75, 3.05) is 5.32 Å². The van der Waals surface area contributed by atoms with Crippen LogP contribution in [-0.2, 0) is 4.79 Å². The van der Waals surface area contributed by atoms with Crippen molar-refractivity contribution in [2.24, 2.45) is 0 Å². The van der Waals surface area contributed by atoms with Gasteiger partial charge in [-0.3, -0.25) is 4.79 Å². The van der Waals surface area contributed by atoms with Crippen LogP contribution in [0.15, 0.2) is 73.1 Å². The molecule has 3 nitrogen and oxygen atoms in total. The van der Waals surface area contributed by atoms with Gasteiger partial charge < -0.3 is 9.88 Å². The molecule has 0 spiro atoms. The summed E-state index contributed by atoms with van der Waals surface area (Å²) in [5.41, 5.74) is 4.31. The number of anilines is 1. The maximum absolute atomic E-state index is 12.6. The number of hydrogen-bond donors (Lipinski definition) is 1. The molecule has 0 bridgehead atoms. The van der Waals surface area contributed by atoms with E-state index in [0.717, 1.165) is 11.3 Å². The highest BCUT2D eigenvalue weighted by Crippen LogP contribution is 2.26. The first-order valence-corrected chi connectivity index (χ1v) is 8.18. The fraction of sp³-hybridized carbons (Fsp3) is 0.190. The molecule has 0 aliphatic rings. The standard InChI is InChI=1S/C21H22N2O/c1-16-9-3-5-11-18(16)20(23-13-7-8-14-23)15-21(24)22-19-12-6-4-10-17(19)2/h3-14,20H,15H2,1-2H3,(H,22,24). The second kappa shape index (κ2) is 7.18. The third-order valence-corrected chi connectivity index (χ3v) is 4.33. The summed E-state index contributed by atoms with van der Waals surface area (Å²) in [6.07, 6.45) is 4.42. The quantitative estimate of drug-likeness (QED) is 0.725. The highest BCUT2D eigenvalue weighted by molar-refractivity contribution is 5.92. The van der Waals surface area contributed by atoms with Crippen LogP contribution in [0.5, 0.6) is 0 Å². The molecule has 1 atom stereocenters. The van der Waals surface area contributed by atoms with Crippen molar-refractivity contribution in [3.8, 4) is 0 Å². The van der Waals surface area contributed by atoms with Gasteiger partial charge in [-0.25, -0.2) is 0 Å². The van der Waals surface area contributed by atoms with E-state index in [1.54, 1.807) is 0 Å². The molecule has 3 heteroatoms. The van der Waals surface area contributed by atoms with E-state index in [2.05, 4.69) is 28.9 Å². The van der Waals surface area contributed by atoms with Gasteiger partial charge in [0.1, 0.15) is 0 Å². The van der Waals surface area contributed by atoms with Gasteiger partial charge in [-0.2, -0.15) is 0 Å². The predicted molar refractivity (Wildman–Crippen MR) is 98.2 cm³/mol. The average molecular weight is 318 g/mol. The van der Waals surface area contributed by atoms with Crippen molar-refractivity contribution in [1.29, 1.82) is 0 Å². The zero-order valence-electron chi connectivity index (χ0n) is 14.1. The van der Waals surface area contributed by atoms with Crippen LogP contribution >= 0.6 is 0 Å². The maximum Gasteiger partial charge on any atom is 0.226 e. The Kier molecular flexibility index (Phi) is 4.80. The van der Waals surface area contributed by atoms with Crippen LogP contribution < -0.4 is 5.32 Å². The minimum absolute atomic E-state index is 0.00906. The van der Waals surface area contributed by atoms with Gasteiger partial charge in [0.2, 0.25) is 5.91 Å². The van der Waals surface area contributed by atoms with E-state index in [0.29, 0.717) is 6.42 Å². The van der Waals surface area contributed by atoms with Crippen LogP contribution in [-0.4, -0.2) is 10.5 Å². The summed E-state index contributed by atoms with van der Waals surface area (Å²) in [6.45, 7) is 4.09. The Hall–Kier alpha value is -2.81. The molecular formula is C21H22N2O. The molecule has 3 rings (SSSR count). The number of carbonyl (C=O) groups excluding carboxylic acids is 1. The molecule has 1 N–H and O–H groups in total. The van der Waals surface area contributed by atoms with Crippen molar-refractivity contribution in [2.45, 2.75) is 26.3 Å². The molecule has 24 heavy (non-hydrogen) atoms. The summed E-state index contributed by atoms with van der Waals surface area (Å²) in [6, 6.07) is 20.1. The van der Waals surface area contributed by atoms with Crippen LogP contribution in [0.1, 0.15) is 29.2 Å². The monoisotopic (exact) mass is 318 g/mol. The lowest BCUT2D eigenvalue weighted by Gasteiger charge is -2.21. The summed E-state index contributed by atoms with van der Waals surface area (Å²) in [7, 11) is 0. The molecule has 1 amide bonds. The van der Waals surface area contributed by atoms with Crippen molar-refractivity contribution in [3.05, 3.63) is 89.7 Å².